The van der Waals surface area contributed by atoms with Gasteiger partial charge in [0, 0.05) is 13.1 Å². The number of hydrogen-bond donors (Lipinski definition) is 1. The van der Waals surface area contributed by atoms with Gasteiger partial charge in [-0.05, 0) is 51.2 Å². The second kappa shape index (κ2) is 4.32. The van der Waals surface area contributed by atoms with E-state index in [-0.39, 0.29) is 0 Å². The van der Waals surface area contributed by atoms with Crippen LogP contribution in [0.5, 0.6) is 5.75 Å². The Bertz CT molecular complexity index is 395. The molecule has 1 fully saturated rings. The van der Waals surface area contributed by atoms with E-state index in [1.807, 2.05) is 20.8 Å². The molecule has 1 aromatic rings. The Labute approximate surface area is 97.1 Å². The molecule has 3 heteroatoms. The van der Waals surface area contributed by atoms with Crippen molar-refractivity contribution >= 4 is 5.82 Å². The van der Waals surface area contributed by atoms with Crippen molar-refractivity contribution in [3.8, 4) is 5.75 Å². The molecule has 0 amide bonds. The summed E-state index contributed by atoms with van der Waals surface area (Å²) in [5.41, 5.74) is 2.82. The lowest BCUT2D eigenvalue weighted by Gasteiger charge is -2.30. The van der Waals surface area contributed by atoms with Crippen molar-refractivity contribution in [2.75, 3.05) is 18.0 Å². The average Bonchev–Trinajstić information content (AvgIpc) is 2.32. The van der Waals surface area contributed by atoms with E-state index in [9.17, 15) is 5.11 Å². The van der Waals surface area contributed by atoms with E-state index in [0.29, 0.717) is 5.75 Å². The summed E-state index contributed by atoms with van der Waals surface area (Å²) >= 11 is 0. The Hall–Kier alpha value is -1.25. The van der Waals surface area contributed by atoms with E-state index in [1.165, 1.54) is 19.3 Å². The van der Waals surface area contributed by atoms with Crippen LogP contribution in [-0.4, -0.2) is 23.2 Å². The lowest BCUT2D eigenvalue weighted by molar-refractivity contribution is 0.462. The number of aromatic hydroxyl groups is 1. The first-order valence-corrected chi connectivity index (χ1v) is 6.03. The largest absolute Gasteiger partial charge is 0.506 e. The van der Waals surface area contributed by atoms with Gasteiger partial charge >= 0.3 is 0 Å². The topological polar surface area (TPSA) is 36.4 Å². The van der Waals surface area contributed by atoms with Gasteiger partial charge in [0.25, 0.3) is 0 Å². The van der Waals surface area contributed by atoms with Crippen molar-refractivity contribution < 1.29 is 5.11 Å². The zero-order chi connectivity index (χ0) is 11.7. The number of piperidine rings is 1. The monoisotopic (exact) mass is 220 g/mol. The smallest absolute Gasteiger partial charge is 0.140 e. The van der Waals surface area contributed by atoms with E-state index < -0.39 is 0 Å². The fourth-order valence-electron chi connectivity index (χ4n) is 2.33. The molecule has 0 atom stereocenters. The van der Waals surface area contributed by atoms with E-state index in [2.05, 4.69) is 9.88 Å². The molecule has 0 radical (unpaired) electrons. The van der Waals surface area contributed by atoms with Crippen molar-refractivity contribution in [3.05, 3.63) is 16.8 Å². The molecule has 0 spiro atoms. The average molecular weight is 220 g/mol. The normalized spacial score (nSPS) is 16.6. The summed E-state index contributed by atoms with van der Waals surface area (Å²) in [7, 11) is 0. The highest BCUT2D eigenvalue weighted by Gasteiger charge is 2.18. The summed E-state index contributed by atoms with van der Waals surface area (Å²) in [5, 5.41) is 9.83. The van der Waals surface area contributed by atoms with Crippen LogP contribution in [0, 0.1) is 20.8 Å². The molecule has 1 saturated heterocycles. The van der Waals surface area contributed by atoms with Crippen molar-refractivity contribution in [3.63, 3.8) is 0 Å². The van der Waals surface area contributed by atoms with Gasteiger partial charge in [-0.2, -0.15) is 0 Å². The summed E-state index contributed by atoms with van der Waals surface area (Å²) < 4.78 is 0. The molecule has 0 saturated carbocycles. The third kappa shape index (κ3) is 1.86. The van der Waals surface area contributed by atoms with Crippen LogP contribution in [0.15, 0.2) is 0 Å². The summed E-state index contributed by atoms with van der Waals surface area (Å²) in [5.74, 6) is 1.41. The maximum Gasteiger partial charge on any atom is 0.140 e. The van der Waals surface area contributed by atoms with Gasteiger partial charge < -0.3 is 10.0 Å². The number of rotatable bonds is 1. The minimum absolute atomic E-state index is 0.346. The van der Waals surface area contributed by atoms with Crippen molar-refractivity contribution in [2.24, 2.45) is 0 Å². The fraction of sp³-hybridized carbons (Fsp3) is 0.615. The van der Waals surface area contributed by atoms with Crippen LogP contribution in [0.1, 0.15) is 36.1 Å². The number of aryl methyl sites for hydroxylation is 1. The first-order chi connectivity index (χ1) is 7.61. The summed E-state index contributed by atoms with van der Waals surface area (Å²) in [4.78, 5) is 6.88. The number of aromatic nitrogens is 1. The molecule has 1 aliphatic rings. The maximum atomic E-state index is 9.83. The van der Waals surface area contributed by atoms with Gasteiger partial charge in [0.15, 0.2) is 0 Å². The Morgan fingerprint density at radius 1 is 1.00 bits per heavy atom. The molecular weight excluding hydrogens is 200 g/mol. The highest BCUT2D eigenvalue weighted by molar-refractivity contribution is 5.55. The van der Waals surface area contributed by atoms with E-state index in [1.54, 1.807) is 0 Å². The third-order valence-corrected chi connectivity index (χ3v) is 3.53. The zero-order valence-corrected chi connectivity index (χ0v) is 10.4. The van der Waals surface area contributed by atoms with Gasteiger partial charge in [-0.1, -0.05) is 0 Å². The molecule has 1 N–H and O–H groups in total. The SMILES string of the molecule is Cc1nc(N2CCCCC2)c(C)c(C)c1O. The number of nitrogens with zero attached hydrogens (tertiary/aromatic N) is 2. The molecule has 88 valence electrons. The maximum absolute atomic E-state index is 9.83. The first kappa shape index (κ1) is 11.2. The van der Waals surface area contributed by atoms with Crippen molar-refractivity contribution in [1.29, 1.82) is 0 Å². The summed E-state index contributed by atoms with van der Waals surface area (Å²) in [6.45, 7) is 8.07. The van der Waals surface area contributed by atoms with Crippen molar-refractivity contribution in [2.45, 2.75) is 40.0 Å². The van der Waals surface area contributed by atoms with E-state index in [0.717, 1.165) is 35.7 Å². The van der Waals surface area contributed by atoms with Crippen molar-refractivity contribution in [1.82, 2.24) is 4.98 Å². The molecule has 0 aromatic carbocycles. The highest BCUT2D eigenvalue weighted by Crippen LogP contribution is 2.30. The predicted molar refractivity (Wildman–Crippen MR) is 66.2 cm³/mol. The van der Waals surface area contributed by atoms with Crippen LogP contribution in [0.2, 0.25) is 0 Å². The molecular formula is C13H20N2O. The molecule has 0 aliphatic carbocycles. The molecule has 16 heavy (non-hydrogen) atoms. The van der Waals surface area contributed by atoms with E-state index >= 15 is 0 Å². The molecule has 2 rings (SSSR count). The molecule has 1 aromatic heterocycles. The summed E-state index contributed by atoms with van der Waals surface area (Å²) in [6.07, 6.45) is 3.83. The second-order valence-electron chi connectivity index (χ2n) is 4.67. The van der Waals surface area contributed by atoms with Crippen LogP contribution >= 0.6 is 0 Å². The van der Waals surface area contributed by atoms with Crippen LogP contribution in [-0.2, 0) is 0 Å². The quantitative estimate of drug-likeness (QED) is 0.790. The van der Waals surface area contributed by atoms with Gasteiger partial charge in [-0.15, -0.1) is 0 Å². The van der Waals surface area contributed by atoms with E-state index in [4.69, 9.17) is 0 Å². The first-order valence-electron chi connectivity index (χ1n) is 6.03. The predicted octanol–water partition coefficient (Wildman–Crippen LogP) is 2.70. The van der Waals surface area contributed by atoms with Gasteiger partial charge in [-0.3, -0.25) is 0 Å². The number of pyridine rings is 1. The van der Waals surface area contributed by atoms with Gasteiger partial charge in [0.2, 0.25) is 0 Å². The Morgan fingerprint density at radius 2 is 1.62 bits per heavy atom. The third-order valence-electron chi connectivity index (χ3n) is 3.53. The number of anilines is 1. The van der Waals surface area contributed by atoms with Gasteiger partial charge in [0.1, 0.15) is 11.6 Å². The Morgan fingerprint density at radius 3 is 2.25 bits per heavy atom. The van der Waals surface area contributed by atoms with Crippen LogP contribution in [0.3, 0.4) is 0 Å². The van der Waals surface area contributed by atoms with Crippen LogP contribution in [0.4, 0.5) is 5.82 Å². The lowest BCUT2D eigenvalue weighted by atomic mass is 10.1. The Kier molecular flexibility index (Phi) is 3.03. The van der Waals surface area contributed by atoms with Crippen LogP contribution in [0.25, 0.3) is 0 Å². The molecule has 0 unspecified atom stereocenters. The minimum atomic E-state index is 0.346. The minimum Gasteiger partial charge on any atom is -0.506 e. The molecule has 0 bridgehead atoms. The highest BCUT2D eigenvalue weighted by atomic mass is 16.3. The van der Waals surface area contributed by atoms with Gasteiger partial charge in [-0.25, -0.2) is 4.98 Å². The molecule has 1 aliphatic heterocycles. The zero-order valence-electron chi connectivity index (χ0n) is 10.4. The standard InChI is InChI=1S/C13H20N2O/c1-9-10(2)13(14-11(3)12(9)16)15-7-5-4-6-8-15/h16H,4-8H2,1-3H3. The van der Waals surface area contributed by atoms with Gasteiger partial charge in [0.05, 0.1) is 5.69 Å². The summed E-state index contributed by atoms with van der Waals surface area (Å²) in [6, 6.07) is 0. The fourth-order valence-corrected chi connectivity index (χ4v) is 2.33. The molecule has 2 heterocycles. The lowest BCUT2D eigenvalue weighted by Crippen LogP contribution is -2.31. The Balaban J connectivity index is 2.40. The number of hydrogen-bond acceptors (Lipinski definition) is 3. The molecule has 3 nitrogen and oxygen atoms in total. The van der Waals surface area contributed by atoms with Crippen LogP contribution < -0.4 is 4.90 Å². The second-order valence-corrected chi connectivity index (χ2v) is 4.67.